The minimum Gasteiger partial charge on any atom is -0.444 e. The molecular weight excluding hydrogens is 455 g/mol. The first-order valence-corrected chi connectivity index (χ1v) is 11.6. The molecule has 3 heterocycles. The highest BCUT2D eigenvalue weighted by Crippen LogP contribution is 2.37. The molecule has 1 aliphatic rings. The molecule has 0 saturated carbocycles. The molecule has 0 radical (unpaired) electrons. The fraction of sp³-hybridized carbons (Fsp3) is 0.429. The molecule has 1 amide bonds. The molecule has 1 aliphatic heterocycles. The number of hydrogen-bond acceptors (Lipinski definition) is 7. The van der Waals surface area contributed by atoms with E-state index in [0.717, 1.165) is 0 Å². The van der Waals surface area contributed by atoms with Gasteiger partial charge in [0.15, 0.2) is 0 Å². The molecule has 0 bridgehead atoms. The molecule has 0 unspecified atom stereocenters. The number of carbonyl (C=O) groups is 1. The lowest BCUT2D eigenvalue weighted by molar-refractivity contribution is 0.102. The van der Waals surface area contributed by atoms with Crippen molar-refractivity contribution in [1.29, 1.82) is 0 Å². The van der Waals surface area contributed by atoms with Gasteiger partial charge in [-0.3, -0.25) is 9.79 Å². The Morgan fingerprint density at radius 3 is 2.75 bits per heavy atom. The maximum Gasteiger partial charge on any atom is 0.275 e. The van der Waals surface area contributed by atoms with Crippen LogP contribution in [0.5, 0.6) is 0 Å². The number of aryl methyl sites for hydroxylation is 1. The fourth-order valence-corrected chi connectivity index (χ4v) is 4.96. The van der Waals surface area contributed by atoms with Crippen LogP contribution in [0.25, 0.3) is 0 Å². The highest BCUT2D eigenvalue weighted by Gasteiger charge is 2.38. The van der Waals surface area contributed by atoms with Gasteiger partial charge in [-0.2, -0.15) is 10.6 Å². The molecule has 2 aromatic heterocycles. The molecule has 3 N–H and O–H groups in total. The zero-order valence-electron chi connectivity index (χ0n) is 18.2. The number of aromatic nitrogens is 2. The van der Waals surface area contributed by atoms with Gasteiger partial charge in [-0.15, -0.1) is 0 Å². The predicted molar refractivity (Wildman–Crippen MR) is 124 cm³/mol. The molecular formula is C21H25ClFN6O2S-. The number of anilines is 1. The Bertz CT molecular complexity index is 1160. The first kappa shape index (κ1) is 24.1. The van der Waals surface area contributed by atoms with E-state index in [-0.39, 0.29) is 29.0 Å². The highest BCUT2D eigenvalue weighted by molar-refractivity contribution is 7.75. The van der Waals surface area contributed by atoms with E-state index in [0.29, 0.717) is 23.6 Å². The number of carbonyl (C=O) groups excluding carboxylic acids is 1. The van der Waals surface area contributed by atoms with Crippen molar-refractivity contribution in [3.05, 3.63) is 52.2 Å². The fourth-order valence-electron chi connectivity index (χ4n) is 3.42. The van der Waals surface area contributed by atoms with Crippen LogP contribution in [-0.4, -0.2) is 33.5 Å². The Balaban J connectivity index is 2.04. The third-order valence-corrected chi connectivity index (χ3v) is 7.09. The normalized spacial score (nSPS) is 19.0. The molecule has 2 aromatic rings. The van der Waals surface area contributed by atoms with Gasteiger partial charge >= 0.3 is 0 Å². The summed E-state index contributed by atoms with van der Waals surface area (Å²) < 4.78 is 31.6. The maximum absolute atomic E-state index is 15.0. The number of nitrogens with two attached hydrogens (primary N) is 1. The Hall–Kier alpha value is -2.59. The molecule has 172 valence electrons. The van der Waals surface area contributed by atoms with E-state index in [4.69, 9.17) is 17.3 Å². The molecule has 0 fully saturated rings. The first-order chi connectivity index (χ1) is 15.0. The maximum atomic E-state index is 15.0. The minimum absolute atomic E-state index is 0.0601. The van der Waals surface area contributed by atoms with Crippen molar-refractivity contribution in [2.45, 2.75) is 44.9 Å². The van der Waals surface area contributed by atoms with Crippen molar-refractivity contribution >= 4 is 39.8 Å². The van der Waals surface area contributed by atoms with Gasteiger partial charge in [0.25, 0.3) is 5.91 Å². The van der Waals surface area contributed by atoms with Crippen molar-refractivity contribution in [1.82, 2.24) is 9.97 Å². The van der Waals surface area contributed by atoms with Crippen LogP contribution in [0.3, 0.4) is 0 Å². The number of hydrogen-bond donors (Lipinski definition) is 2. The molecule has 8 nitrogen and oxygen atoms in total. The smallest absolute Gasteiger partial charge is 0.275 e. The first-order valence-electron chi connectivity index (χ1n) is 10.1. The molecule has 0 saturated heterocycles. The average molecular weight is 480 g/mol. The second kappa shape index (κ2) is 9.50. The van der Waals surface area contributed by atoms with E-state index in [9.17, 15) is 9.00 Å². The molecule has 11 heteroatoms. The van der Waals surface area contributed by atoms with Crippen LogP contribution in [0.2, 0.25) is 5.02 Å². The number of aliphatic imine (C=N–C) groups is 1. The van der Waals surface area contributed by atoms with Gasteiger partial charge in [0, 0.05) is 18.7 Å². The van der Waals surface area contributed by atoms with Crippen molar-refractivity contribution in [2.75, 3.05) is 11.9 Å². The van der Waals surface area contributed by atoms with E-state index in [1.807, 2.05) is 13.8 Å². The quantitative estimate of drug-likeness (QED) is 0.368. The third-order valence-electron chi connectivity index (χ3n) is 5.26. The number of pyridine rings is 2. The summed E-state index contributed by atoms with van der Waals surface area (Å²) >= 11 is 5.90. The van der Waals surface area contributed by atoms with E-state index in [1.165, 1.54) is 18.3 Å². The Labute approximate surface area is 193 Å². The van der Waals surface area contributed by atoms with Gasteiger partial charge in [0.1, 0.15) is 23.0 Å². The summed E-state index contributed by atoms with van der Waals surface area (Å²) in [6.45, 7) is 7.45. The minimum atomic E-state index is -1.58. The zero-order valence-corrected chi connectivity index (χ0v) is 19.8. The topological polar surface area (TPSA) is 123 Å². The lowest BCUT2D eigenvalue weighted by Gasteiger charge is -2.35. The number of nitrogens with one attached hydrogen (secondary N) is 1. The average Bonchev–Trinajstić information content (AvgIpc) is 3.15. The van der Waals surface area contributed by atoms with Crippen molar-refractivity contribution in [3.8, 4) is 0 Å². The molecule has 0 aliphatic carbocycles. The molecule has 2 atom stereocenters. The van der Waals surface area contributed by atoms with E-state index >= 15 is 4.39 Å². The SMILES string of the molecule is Cc1cc(Cl)cnc1C(=O)Nc1ccc(F)c([C@@](C)(N=C(N)C(C)C)[C@H]2CCN=[S-]2=O)n1. The molecule has 32 heavy (non-hydrogen) atoms. The molecule has 0 spiro atoms. The van der Waals surface area contributed by atoms with Crippen LogP contribution in [0.4, 0.5) is 10.2 Å². The summed E-state index contributed by atoms with van der Waals surface area (Å²) in [5, 5.41) is 2.44. The summed E-state index contributed by atoms with van der Waals surface area (Å²) in [6, 6.07) is 4.15. The summed E-state index contributed by atoms with van der Waals surface area (Å²) in [5.74, 6) is -0.877. The van der Waals surface area contributed by atoms with Crippen LogP contribution in [0.1, 0.15) is 48.9 Å². The second-order valence-corrected chi connectivity index (χ2v) is 9.86. The Morgan fingerprint density at radius 2 is 2.16 bits per heavy atom. The standard InChI is InChI=1S/C21H25ClFN6O2S/c1-11(2)19(24)29-21(4,15-7-8-26-32(15)31)18-14(23)5-6-16(27-18)28-20(30)17-12(3)9-13(22)10-25-17/h5-6,9-11,15H,7-8H2,1-4H3,(H2,24,29)(H,27,28,30)/q-1/t15-,21+/m1/s1. The Kier molecular flexibility index (Phi) is 7.14. The molecule has 3 rings (SSSR count). The number of amidine groups is 1. The van der Waals surface area contributed by atoms with Crippen LogP contribution >= 0.6 is 11.6 Å². The van der Waals surface area contributed by atoms with Crippen LogP contribution in [0, 0.1) is 18.7 Å². The third kappa shape index (κ3) is 4.91. The summed E-state index contributed by atoms with van der Waals surface area (Å²) in [6.07, 6.45) is 1.82. The largest absolute Gasteiger partial charge is 0.444 e. The Morgan fingerprint density at radius 1 is 1.44 bits per heavy atom. The van der Waals surface area contributed by atoms with Crippen LogP contribution < -0.4 is 11.1 Å². The van der Waals surface area contributed by atoms with E-state index in [1.54, 1.807) is 19.9 Å². The van der Waals surface area contributed by atoms with Gasteiger partial charge in [-0.05, 0) is 49.3 Å². The van der Waals surface area contributed by atoms with Gasteiger partial charge in [0.05, 0.1) is 16.4 Å². The number of amides is 1. The second-order valence-electron chi connectivity index (χ2n) is 8.05. The van der Waals surface area contributed by atoms with Crippen molar-refractivity contribution in [2.24, 2.45) is 21.0 Å². The van der Waals surface area contributed by atoms with Gasteiger partial charge in [-0.1, -0.05) is 25.4 Å². The lowest BCUT2D eigenvalue weighted by atomic mass is 9.90. The van der Waals surface area contributed by atoms with Gasteiger partial charge in [0.2, 0.25) is 0 Å². The van der Waals surface area contributed by atoms with E-state index < -0.39 is 33.1 Å². The number of rotatable bonds is 6. The van der Waals surface area contributed by atoms with Gasteiger partial charge in [-0.25, -0.2) is 14.4 Å². The van der Waals surface area contributed by atoms with Crippen molar-refractivity contribution in [3.63, 3.8) is 0 Å². The summed E-state index contributed by atoms with van der Waals surface area (Å²) in [4.78, 5) is 25.7. The van der Waals surface area contributed by atoms with Gasteiger partial charge < -0.3 is 19.6 Å². The summed E-state index contributed by atoms with van der Waals surface area (Å²) in [7, 11) is -1.58. The highest BCUT2D eigenvalue weighted by atomic mass is 35.5. The van der Waals surface area contributed by atoms with Crippen LogP contribution in [0.15, 0.2) is 33.8 Å². The van der Waals surface area contributed by atoms with Crippen molar-refractivity contribution < 1.29 is 13.4 Å². The number of nitrogens with zero attached hydrogens (tertiary/aromatic N) is 4. The summed E-state index contributed by atoms with van der Waals surface area (Å²) in [5.41, 5.74) is 5.47. The van der Waals surface area contributed by atoms with E-state index in [2.05, 4.69) is 24.6 Å². The predicted octanol–water partition coefficient (Wildman–Crippen LogP) is 3.98. The molecule has 0 aromatic carbocycles. The zero-order chi connectivity index (χ0) is 23.6. The van der Waals surface area contributed by atoms with Crippen LogP contribution in [-0.2, 0) is 20.3 Å². The lowest BCUT2D eigenvalue weighted by Crippen LogP contribution is -2.39. The monoisotopic (exact) mass is 479 g/mol. The number of halogens is 2.